The van der Waals surface area contributed by atoms with Crippen molar-refractivity contribution in [2.75, 3.05) is 19.8 Å². The Morgan fingerprint density at radius 1 is 1.37 bits per heavy atom. The minimum Gasteiger partial charge on any atom is -0.626 e. The number of benzene rings is 1. The summed E-state index contributed by atoms with van der Waals surface area (Å²) in [5.74, 6) is 0. The molecular weight excluding hydrogens is 236 g/mol. The zero-order chi connectivity index (χ0) is 13.7. The molecule has 0 aromatic heterocycles. The van der Waals surface area contributed by atoms with E-state index in [1.807, 2.05) is 18.2 Å². The summed E-state index contributed by atoms with van der Waals surface area (Å²) >= 11 is 0. The molecule has 2 rings (SSSR count). The van der Waals surface area contributed by atoms with Gasteiger partial charge in [0.25, 0.3) is 0 Å². The molecule has 3 nitrogen and oxygen atoms in total. The molecule has 0 spiro atoms. The topological polar surface area (TPSA) is 26.3 Å². The first-order valence-corrected chi connectivity index (χ1v) is 7.19. The normalized spacial score (nSPS) is 23.1. The van der Waals surface area contributed by atoms with E-state index in [4.69, 9.17) is 0 Å². The van der Waals surface area contributed by atoms with Crippen LogP contribution in [0.3, 0.4) is 0 Å². The molecule has 0 saturated carbocycles. The van der Waals surface area contributed by atoms with Crippen LogP contribution in [0.25, 0.3) is 0 Å². The van der Waals surface area contributed by atoms with Gasteiger partial charge in [0.15, 0.2) is 0 Å². The molecule has 0 fully saturated rings. The highest BCUT2D eigenvalue weighted by atomic mass is 16.5. The van der Waals surface area contributed by atoms with E-state index in [1.54, 1.807) is 6.08 Å². The van der Waals surface area contributed by atoms with Crippen molar-refractivity contribution in [2.24, 2.45) is 0 Å². The standard InChI is InChI=1S/C16H24N2O/c1-3-5-8-11-17-13-15-9-6-7-10-16(15)18(19,14-17)12-4-2/h4,6-7,9-10H,2-3,5,8,11-14H2,1H3. The third kappa shape index (κ3) is 3.24. The first kappa shape index (κ1) is 14.3. The maximum atomic E-state index is 13.0. The van der Waals surface area contributed by atoms with E-state index in [-0.39, 0.29) is 4.65 Å². The third-order valence-electron chi connectivity index (χ3n) is 3.75. The van der Waals surface area contributed by atoms with Gasteiger partial charge in [-0.05, 0) is 18.6 Å². The molecule has 0 aliphatic carbocycles. The monoisotopic (exact) mass is 260 g/mol. The Morgan fingerprint density at radius 3 is 2.89 bits per heavy atom. The molecule has 1 aromatic rings. The molecule has 1 aliphatic rings. The lowest BCUT2D eigenvalue weighted by Crippen LogP contribution is -2.54. The second kappa shape index (κ2) is 6.33. The third-order valence-corrected chi connectivity index (χ3v) is 3.75. The number of hydroxylamine groups is 2. The van der Waals surface area contributed by atoms with Gasteiger partial charge in [-0.25, -0.2) is 0 Å². The molecule has 0 saturated heterocycles. The van der Waals surface area contributed by atoms with Crippen LogP contribution in [0.15, 0.2) is 36.9 Å². The Bertz CT molecular complexity index is 433. The Balaban J connectivity index is 2.17. The van der Waals surface area contributed by atoms with Crippen LogP contribution in [-0.2, 0) is 6.54 Å². The van der Waals surface area contributed by atoms with E-state index in [2.05, 4.69) is 24.5 Å². The largest absolute Gasteiger partial charge is 0.626 e. The van der Waals surface area contributed by atoms with Crippen LogP contribution in [0.4, 0.5) is 5.69 Å². The van der Waals surface area contributed by atoms with Gasteiger partial charge in [-0.1, -0.05) is 44.5 Å². The molecule has 104 valence electrons. The fourth-order valence-electron chi connectivity index (χ4n) is 2.83. The Labute approximate surface area is 116 Å². The number of fused-ring (bicyclic) bond motifs is 1. The summed E-state index contributed by atoms with van der Waals surface area (Å²) in [6.07, 6.45) is 5.36. The zero-order valence-electron chi connectivity index (χ0n) is 11.8. The summed E-state index contributed by atoms with van der Waals surface area (Å²) < 4.78 is -0.286. The van der Waals surface area contributed by atoms with E-state index < -0.39 is 0 Å². The second-order valence-electron chi connectivity index (χ2n) is 5.39. The highest BCUT2D eigenvalue weighted by Crippen LogP contribution is 2.32. The second-order valence-corrected chi connectivity index (χ2v) is 5.39. The minimum absolute atomic E-state index is 0.286. The molecule has 1 aliphatic heterocycles. The Hall–Kier alpha value is -1.16. The average Bonchev–Trinajstić information content (AvgIpc) is 2.39. The number of para-hydroxylation sites is 1. The molecule has 0 radical (unpaired) electrons. The lowest BCUT2D eigenvalue weighted by molar-refractivity contribution is 0.151. The number of hydrogen-bond donors (Lipinski definition) is 0. The smallest absolute Gasteiger partial charge is 0.140 e. The molecule has 0 N–H and O–H groups in total. The Kier molecular flexibility index (Phi) is 4.75. The zero-order valence-corrected chi connectivity index (χ0v) is 11.8. The molecule has 0 amide bonds. The van der Waals surface area contributed by atoms with E-state index in [0.29, 0.717) is 13.2 Å². The molecular formula is C16H24N2O. The number of hydrogen-bond acceptors (Lipinski definition) is 2. The van der Waals surface area contributed by atoms with Crippen molar-refractivity contribution in [3.05, 3.63) is 47.7 Å². The fraction of sp³-hybridized carbons (Fsp3) is 0.500. The maximum absolute atomic E-state index is 13.0. The summed E-state index contributed by atoms with van der Waals surface area (Å²) in [6.45, 7) is 8.86. The van der Waals surface area contributed by atoms with Crippen molar-refractivity contribution in [2.45, 2.75) is 32.7 Å². The lowest BCUT2D eigenvalue weighted by Gasteiger charge is -2.48. The van der Waals surface area contributed by atoms with Crippen molar-refractivity contribution in [3.63, 3.8) is 0 Å². The highest BCUT2D eigenvalue weighted by molar-refractivity contribution is 5.52. The van der Waals surface area contributed by atoms with Gasteiger partial charge in [0.2, 0.25) is 0 Å². The van der Waals surface area contributed by atoms with Crippen LogP contribution in [-0.4, -0.2) is 24.7 Å². The van der Waals surface area contributed by atoms with Crippen LogP contribution in [0.5, 0.6) is 0 Å². The summed E-state index contributed by atoms with van der Waals surface area (Å²) in [4.78, 5) is 2.29. The number of nitrogens with zero attached hydrogens (tertiary/aromatic N) is 2. The van der Waals surface area contributed by atoms with Crippen molar-refractivity contribution in [1.82, 2.24) is 9.55 Å². The predicted molar refractivity (Wildman–Crippen MR) is 81.5 cm³/mol. The van der Waals surface area contributed by atoms with Crippen LogP contribution in [0.2, 0.25) is 0 Å². The van der Waals surface area contributed by atoms with Gasteiger partial charge in [-0.2, -0.15) is 0 Å². The SMILES string of the molecule is C=CC[N+]1([O-])CN(CCCCC)Cc2ccccc21. The molecule has 1 heterocycles. The maximum Gasteiger partial charge on any atom is 0.140 e. The number of rotatable bonds is 6. The average molecular weight is 260 g/mol. The van der Waals surface area contributed by atoms with Crippen LogP contribution in [0.1, 0.15) is 31.7 Å². The van der Waals surface area contributed by atoms with Gasteiger partial charge in [0, 0.05) is 18.7 Å². The molecule has 19 heavy (non-hydrogen) atoms. The van der Waals surface area contributed by atoms with Gasteiger partial charge < -0.3 is 9.85 Å². The fourth-order valence-corrected chi connectivity index (χ4v) is 2.83. The van der Waals surface area contributed by atoms with E-state index in [1.165, 1.54) is 24.8 Å². The summed E-state index contributed by atoms with van der Waals surface area (Å²) in [6, 6.07) is 8.02. The first-order valence-electron chi connectivity index (χ1n) is 7.19. The van der Waals surface area contributed by atoms with Crippen molar-refractivity contribution >= 4 is 5.69 Å². The van der Waals surface area contributed by atoms with E-state index in [0.717, 1.165) is 18.8 Å². The molecule has 3 heteroatoms. The quantitative estimate of drug-likeness (QED) is 0.338. The van der Waals surface area contributed by atoms with Gasteiger partial charge >= 0.3 is 0 Å². The number of unbranched alkanes of at least 4 members (excludes halogenated alkanes) is 2. The molecule has 1 unspecified atom stereocenters. The molecule has 1 atom stereocenters. The predicted octanol–water partition coefficient (Wildman–Crippen LogP) is 3.64. The summed E-state index contributed by atoms with van der Waals surface area (Å²) in [7, 11) is 0. The highest BCUT2D eigenvalue weighted by Gasteiger charge is 2.30. The van der Waals surface area contributed by atoms with Crippen LogP contribution >= 0.6 is 0 Å². The lowest BCUT2D eigenvalue weighted by atomic mass is 10.1. The summed E-state index contributed by atoms with van der Waals surface area (Å²) in [5, 5.41) is 13.0. The number of quaternary nitrogens is 1. The van der Waals surface area contributed by atoms with Crippen molar-refractivity contribution in [1.29, 1.82) is 0 Å². The molecule has 1 aromatic carbocycles. The minimum atomic E-state index is -0.286. The first-order chi connectivity index (χ1) is 9.19. The van der Waals surface area contributed by atoms with Crippen LogP contribution < -0.4 is 4.65 Å². The van der Waals surface area contributed by atoms with Crippen LogP contribution in [0, 0.1) is 5.21 Å². The van der Waals surface area contributed by atoms with Gasteiger partial charge in [-0.15, -0.1) is 0 Å². The van der Waals surface area contributed by atoms with Gasteiger partial charge in [0.1, 0.15) is 18.9 Å². The van der Waals surface area contributed by atoms with E-state index in [9.17, 15) is 5.21 Å². The molecule has 0 bridgehead atoms. The van der Waals surface area contributed by atoms with Gasteiger partial charge in [0.05, 0.1) is 0 Å². The van der Waals surface area contributed by atoms with Gasteiger partial charge in [-0.3, -0.25) is 4.90 Å². The van der Waals surface area contributed by atoms with E-state index >= 15 is 0 Å². The Morgan fingerprint density at radius 2 is 2.16 bits per heavy atom. The van der Waals surface area contributed by atoms with Crippen molar-refractivity contribution < 1.29 is 0 Å². The summed E-state index contributed by atoms with van der Waals surface area (Å²) in [5.41, 5.74) is 2.08. The van der Waals surface area contributed by atoms with Crippen molar-refractivity contribution in [3.8, 4) is 0 Å².